The minimum atomic E-state index is -0.126. The number of hydrogen-bond donors (Lipinski definition) is 1. The van der Waals surface area contributed by atoms with E-state index in [1.165, 1.54) is 11.1 Å². The molecule has 1 N–H and O–H groups in total. The van der Waals surface area contributed by atoms with Crippen molar-refractivity contribution in [3.8, 4) is 6.07 Å². The van der Waals surface area contributed by atoms with Crippen molar-refractivity contribution in [1.82, 2.24) is 10.2 Å². The number of hydrogen-bond acceptors (Lipinski definition) is 3. The third-order valence-corrected chi connectivity index (χ3v) is 4.32. The second kappa shape index (κ2) is 7.95. The number of nitrogens with zero attached hydrogens (tertiary/aromatic N) is 2. The van der Waals surface area contributed by atoms with Gasteiger partial charge in [0.1, 0.15) is 0 Å². The molecule has 4 heteroatoms. The molecule has 0 spiro atoms. The van der Waals surface area contributed by atoms with Gasteiger partial charge >= 0.3 is 0 Å². The second-order valence-electron chi connectivity index (χ2n) is 5.99. The smallest absolute Gasteiger partial charge is 0.236 e. The molecule has 1 aromatic carbocycles. The maximum atomic E-state index is 12.3. The maximum absolute atomic E-state index is 12.3. The fourth-order valence-corrected chi connectivity index (χ4v) is 3.07. The van der Waals surface area contributed by atoms with Gasteiger partial charge in [0, 0.05) is 19.1 Å². The van der Waals surface area contributed by atoms with Crippen molar-refractivity contribution in [2.75, 3.05) is 19.6 Å². The first kappa shape index (κ1) is 16.5. The van der Waals surface area contributed by atoms with Crippen molar-refractivity contribution in [1.29, 1.82) is 5.26 Å². The van der Waals surface area contributed by atoms with E-state index in [0.717, 1.165) is 19.3 Å². The molecule has 0 saturated carbocycles. The molecule has 0 fully saturated rings. The minimum Gasteiger partial charge on any atom is -0.341 e. The number of aryl methyl sites for hydroxylation is 1. The molecule has 0 unspecified atom stereocenters. The normalized spacial score (nSPS) is 18.1. The summed E-state index contributed by atoms with van der Waals surface area (Å²) in [6.45, 7) is 5.30. The van der Waals surface area contributed by atoms with E-state index in [-0.39, 0.29) is 17.9 Å². The quantitative estimate of drug-likeness (QED) is 0.878. The number of carbonyl (C=O) groups excluding carboxylic acids is 1. The summed E-state index contributed by atoms with van der Waals surface area (Å²) < 4.78 is 0. The highest BCUT2D eigenvalue weighted by Gasteiger charge is 2.21. The standard InChI is InChI=1S/C18H25N3O/c1-3-21(13-14(2)11-19)18(22)12-20-17-10-6-8-15-7-4-5-9-16(15)17/h4-5,7,9,14,17,20H,3,6,8,10,12-13H2,1-2H3/t14-,17+/m1/s1. The lowest BCUT2D eigenvalue weighted by atomic mass is 9.88. The number of nitrogens with one attached hydrogen (secondary N) is 1. The molecule has 22 heavy (non-hydrogen) atoms. The van der Waals surface area contributed by atoms with Crippen LogP contribution in [0.15, 0.2) is 24.3 Å². The first-order valence-corrected chi connectivity index (χ1v) is 8.14. The first-order valence-electron chi connectivity index (χ1n) is 8.14. The lowest BCUT2D eigenvalue weighted by Crippen LogP contribution is -2.41. The zero-order valence-electron chi connectivity index (χ0n) is 13.5. The van der Waals surface area contributed by atoms with Crippen molar-refractivity contribution >= 4 is 5.91 Å². The molecular weight excluding hydrogens is 274 g/mol. The number of carbonyl (C=O) groups is 1. The van der Waals surface area contributed by atoms with Crippen molar-refractivity contribution in [3.05, 3.63) is 35.4 Å². The second-order valence-corrected chi connectivity index (χ2v) is 5.99. The molecule has 0 bridgehead atoms. The zero-order chi connectivity index (χ0) is 15.9. The summed E-state index contributed by atoms with van der Waals surface area (Å²) in [5.74, 6) is -0.0491. The summed E-state index contributed by atoms with van der Waals surface area (Å²) >= 11 is 0. The lowest BCUT2D eigenvalue weighted by molar-refractivity contribution is -0.130. The third kappa shape index (κ3) is 4.08. The highest BCUT2D eigenvalue weighted by atomic mass is 16.2. The summed E-state index contributed by atoms with van der Waals surface area (Å²) in [4.78, 5) is 14.1. The van der Waals surface area contributed by atoms with Crippen LogP contribution >= 0.6 is 0 Å². The monoisotopic (exact) mass is 299 g/mol. The fourth-order valence-electron chi connectivity index (χ4n) is 3.07. The van der Waals surface area contributed by atoms with Gasteiger partial charge in [-0.1, -0.05) is 24.3 Å². The van der Waals surface area contributed by atoms with E-state index >= 15 is 0 Å². The van der Waals surface area contributed by atoms with Crippen LogP contribution in [0.3, 0.4) is 0 Å². The molecule has 1 amide bonds. The number of fused-ring (bicyclic) bond motifs is 1. The molecule has 0 radical (unpaired) electrons. The fraction of sp³-hybridized carbons (Fsp3) is 0.556. The van der Waals surface area contributed by atoms with Crippen molar-refractivity contribution < 1.29 is 4.79 Å². The van der Waals surface area contributed by atoms with Crippen LogP contribution in [0, 0.1) is 17.2 Å². The number of likely N-dealkylation sites (N-methyl/N-ethyl adjacent to an activating group) is 1. The minimum absolute atomic E-state index is 0.0765. The molecule has 4 nitrogen and oxygen atoms in total. The molecular formula is C18H25N3O. The van der Waals surface area contributed by atoms with E-state index < -0.39 is 0 Å². The highest BCUT2D eigenvalue weighted by Crippen LogP contribution is 2.29. The van der Waals surface area contributed by atoms with Gasteiger partial charge in [-0.05, 0) is 44.2 Å². The molecule has 0 saturated heterocycles. The SMILES string of the molecule is CCN(C[C@H](C)C#N)C(=O)CN[C@H]1CCCc2ccccc21. The predicted molar refractivity (Wildman–Crippen MR) is 87.2 cm³/mol. The van der Waals surface area contributed by atoms with Gasteiger partial charge in [0.05, 0.1) is 18.5 Å². The van der Waals surface area contributed by atoms with Gasteiger partial charge in [-0.2, -0.15) is 5.26 Å². The van der Waals surface area contributed by atoms with Gasteiger partial charge in [0.15, 0.2) is 0 Å². The van der Waals surface area contributed by atoms with Gasteiger partial charge in [-0.15, -0.1) is 0 Å². The van der Waals surface area contributed by atoms with Gasteiger partial charge in [0.2, 0.25) is 5.91 Å². The predicted octanol–water partition coefficient (Wildman–Crippen LogP) is 2.66. The topological polar surface area (TPSA) is 56.1 Å². The average molecular weight is 299 g/mol. The number of nitriles is 1. The third-order valence-electron chi connectivity index (χ3n) is 4.32. The Hall–Kier alpha value is -1.86. The zero-order valence-corrected chi connectivity index (χ0v) is 13.5. The van der Waals surface area contributed by atoms with Crippen LogP contribution in [-0.2, 0) is 11.2 Å². The van der Waals surface area contributed by atoms with Crippen LogP contribution in [0.5, 0.6) is 0 Å². The Bertz CT molecular complexity index is 550. The van der Waals surface area contributed by atoms with Gasteiger partial charge in [-0.3, -0.25) is 4.79 Å². The Morgan fingerprint density at radius 2 is 2.27 bits per heavy atom. The maximum Gasteiger partial charge on any atom is 0.236 e. The number of rotatable bonds is 6. The summed E-state index contributed by atoms with van der Waals surface area (Å²) in [6, 6.07) is 10.9. The molecule has 2 rings (SSSR count). The van der Waals surface area contributed by atoms with E-state index in [2.05, 4.69) is 35.7 Å². The van der Waals surface area contributed by atoms with E-state index in [0.29, 0.717) is 19.6 Å². The Morgan fingerprint density at radius 1 is 1.50 bits per heavy atom. The molecule has 1 aromatic rings. The van der Waals surface area contributed by atoms with E-state index in [4.69, 9.17) is 5.26 Å². The largest absolute Gasteiger partial charge is 0.341 e. The van der Waals surface area contributed by atoms with E-state index in [1.54, 1.807) is 4.90 Å². The summed E-state index contributed by atoms with van der Waals surface area (Å²) in [5.41, 5.74) is 2.72. The van der Waals surface area contributed by atoms with Crippen molar-refractivity contribution in [3.63, 3.8) is 0 Å². The van der Waals surface area contributed by atoms with Crippen LogP contribution in [0.2, 0.25) is 0 Å². The number of amides is 1. The highest BCUT2D eigenvalue weighted by molar-refractivity contribution is 5.78. The van der Waals surface area contributed by atoms with Crippen LogP contribution in [-0.4, -0.2) is 30.4 Å². The molecule has 1 aliphatic carbocycles. The van der Waals surface area contributed by atoms with Crippen molar-refractivity contribution in [2.24, 2.45) is 5.92 Å². The Morgan fingerprint density at radius 3 is 3.00 bits per heavy atom. The van der Waals surface area contributed by atoms with Gasteiger partial charge in [-0.25, -0.2) is 0 Å². The van der Waals surface area contributed by atoms with Gasteiger partial charge < -0.3 is 10.2 Å². The lowest BCUT2D eigenvalue weighted by Gasteiger charge is -2.28. The molecule has 2 atom stereocenters. The average Bonchev–Trinajstić information content (AvgIpc) is 2.57. The Kier molecular flexibility index (Phi) is 5.97. The molecule has 0 aliphatic heterocycles. The van der Waals surface area contributed by atoms with E-state index in [9.17, 15) is 4.79 Å². The molecule has 0 aromatic heterocycles. The molecule has 118 valence electrons. The van der Waals surface area contributed by atoms with Gasteiger partial charge in [0.25, 0.3) is 0 Å². The van der Waals surface area contributed by atoms with E-state index in [1.807, 2.05) is 13.8 Å². The number of benzene rings is 1. The van der Waals surface area contributed by atoms with Crippen LogP contribution in [0.25, 0.3) is 0 Å². The Labute approximate surface area is 133 Å². The summed E-state index contributed by atoms with van der Waals surface area (Å²) in [5, 5.41) is 12.3. The Balaban J connectivity index is 1.93. The summed E-state index contributed by atoms with van der Waals surface area (Å²) in [7, 11) is 0. The van der Waals surface area contributed by atoms with Crippen LogP contribution < -0.4 is 5.32 Å². The molecule has 1 aliphatic rings. The first-order chi connectivity index (χ1) is 10.7. The van der Waals surface area contributed by atoms with Crippen LogP contribution in [0.4, 0.5) is 0 Å². The summed E-state index contributed by atoms with van der Waals surface area (Å²) in [6.07, 6.45) is 3.36. The molecule has 0 heterocycles. The van der Waals surface area contributed by atoms with Crippen molar-refractivity contribution in [2.45, 2.75) is 39.2 Å². The van der Waals surface area contributed by atoms with Crippen LogP contribution in [0.1, 0.15) is 43.9 Å².